The van der Waals surface area contributed by atoms with E-state index in [9.17, 15) is 13.2 Å². The SMILES string of the molecule is CC[N+]1(S(=O)(=O)c2cc(NC3NCCC(C4CCNC(c5ccc(NC(=O)NC)cc5)C4)N3C)ccc2Cl)CCNC1. The Hall–Kier alpha value is -2.45. The first kappa shape index (κ1) is 31.0. The van der Waals surface area contributed by atoms with Crippen molar-refractivity contribution in [3.63, 3.8) is 0 Å². The van der Waals surface area contributed by atoms with Crippen molar-refractivity contribution in [2.45, 2.75) is 49.5 Å². The summed E-state index contributed by atoms with van der Waals surface area (Å²) in [6.07, 6.45) is 2.98. The fraction of sp³-hybridized carbons (Fsp3) is 0.552. The molecule has 0 aliphatic carbocycles. The van der Waals surface area contributed by atoms with Crippen molar-refractivity contribution >= 4 is 39.0 Å². The van der Waals surface area contributed by atoms with E-state index in [0.717, 1.165) is 43.7 Å². The van der Waals surface area contributed by atoms with Crippen molar-refractivity contribution in [1.29, 1.82) is 0 Å². The summed E-state index contributed by atoms with van der Waals surface area (Å²) in [5, 5.41) is 19.6. The van der Waals surface area contributed by atoms with Crippen LogP contribution >= 0.6 is 11.6 Å². The molecule has 2 aromatic carbocycles. The number of hydrogen-bond donors (Lipinski definition) is 6. The van der Waals surface area contributed by atoms with E-state index in [1.807, 2.05) is 25.1 Å². The highest BCUT2D eigenvalue weighted by atomic mass is 35.5. The van der Waals surface area contributed by atoms with Gasteiger partial charge in [-0.05, 0) is 88.1 Å². The lowest BCUT2D eigenvalue weighted by Crippen LogP contribution is -2.60. The predicted molar refractivity (Wildman–Crippen MR) is 167 cm³/mol. The molecule has 0 spiro atoms. The fourth-order valence-electron chi connectivity index (χ4n) is 6.62. The Morgan fingerprint density at radius 2 is 1.81 bits per heavy atom. The van der Waals surface area contributed by atoms with Crippen molar-refractivity contribution in [3.8, 4) is 0 Å². The highest BCUT2D eigenvalue weighted by Crippen LogP contribution is 2.35. The maximum Gasteiger partial charge on any atom is 0.329 e. The molecule has 3 aliphatic heterocycles. The third-order valence-electron chi connectivity index (χ3n) is 9.19. The van der Waals surface area contributed by atoms with Crippen molar-refractivity contribution in [2.24, 2.45) is 5.92 Å². The number of hydrogen-bond acceptors (Lipinski definition) is 8. The Morgan fingerprint density at radius 1 is 1.07 bits per heavy atom. The predicted octanol–water partition coefficient (Wildman–Crippen LogP) is 2.91. The summed E-state index contributed by atoms with van der Waals surface area (Å²) in [6, 6.07) is 13.6. The normalized spacial score (nSPS) is 28.8. The molecule has 230 valence electrons. The van der Waals surface area contributed by atoms with Crippen LogP contribution in [-0.4, -0.2) is 89.1 Å². The van der Waals surface area contributed by atoms with E-state index in [1.54, 1.807) is 19.2 Å². The second-order valence-corrected chi connectivity index (χ2v) is 14.1. The van der Waals surface area contributed by atoms with Gasteiger partial charge in [-0.2, -0.15) is 8.42 Å². The zero-order valence-electron chi connectivity index (χ0n) is 24.6. The summed E-state index contributed by atoms with van der Waals surface area (Å²) >= 11 is 6.49. The van der Waals surface area contributed by atoms with Crippen LogP contribution in [0.15, 0.2) is 47.4 Å². The van der Waals surface area contributed by atoms with Gasteiger partial charge in [-0.3, -0.25) is 15.5 Å². The van der Waals surface area contributed by atoms with Gasteiger partial charge < -0.3 is 21.3 Å². The summed E-state index contributed by atoms with van der Waals surface area (Å²) < 4.78 is 27.5. The number of quaternary nitrogens is 1. The number of anilines is 2. The molecule has 42 heavy (non-hydrogen) atoms. The van der Waals surface area contributed by atoms with E-state index in [4.69, 9.17) is 11.6 Å². The van der Waals surface area contributed by atoms with Crippen LogP contribution in [0.1, 0.15) is 37.8 Å². The van der Waals surface area contributed by atoms with Crippen molar-refractivity contribution < 1.29 is 17.1 Å². The average molecular weight is 620 g/mol. The molecule has 0 bridgehead atoms. The zero-order valence-corrected chi connectivity index (χ0v) is 26.2. The molecule has 11 nitrogen and oxygen atoms in total. The molecule has 0 aromatic heterocycles. The van der Waals surface area contributed by atoms with Gasteiger partial charge in [0.05, 0.1) is 18.1 Å². The van der Waals surface area contributed by atoms with Gasteiger partial charge in [0.25, 0.3) is 0 Å². The number of urea groups is 1. The van der Waals surface area contributed by atoms with Crippen LogP contribution in [0.3, 0.4) is 0 Å². The van der Waals surface area contributed by atoms with Gasteiger partial charge >= 0.3 is 16.1 Å². The number of nitrogens with one attached hydrogen (secondary N) is 6. The van der Waals surface area contributed by atoms with E-state index in [1.165, 1.54) is 5.56 Å². The van der Waals surface area contributed by atoms with Crippen molar-refractivity contribution in [2.75, 3.05) is 64.1 Å². The second kappa shape index (κ2) is 13.0. The first-order valence-electron chi connectivity index (χ1n) is 14.8. The molecule has 6 N–H and O–H groups in total. The number of halogens is 1. The van der Waals surface area contributed by atoms with E-state index in [2.05, 4.69) is 56.0 Å². The molecule has 3 heterocycles. The fourth-order valence-corrected chi connectivity index (χ4v) is 8.97. The molecule has 5 rings (SSSR count). The van der Waals surface area contributed by atoms with E-state index in [-0.39, 0.29) is 32.2 Å². The summed E-state index contributed by atoms with van der Waals surface area (Å²) in [5.74, 6) is 0.494. The van der Waals surface area contributed by atoms with Crippen LogP contribution in [0, 0.1) is 5.92 Å². The minimum Gasteiger partial charge on any atom is -0.357 e. The standard InChI is InChI=1S/C29H43ClN8O3S/c1-4-38(16-15-32-19-38)42(40,41)27-18-23(9-10-24(27)30)35-28-34-14-12-26(37(28)3)21-11-13-33-25(17-21)20-5-7-22(8-6-20)36-29(39)31-2/h5-10,18,21,25-26,28,32-35H,4,11-17,19H2,1-3H3,(H-,31,36,39)/p+1. The van der Waals surface area contributed by atoms with Gasteiger partial charge in [-0.1, -0.05) is 23.7 Å². The number of amides is 2. The number of benzene rings is 2. The maximum absolute atomic E-state index is 13.8. The van der Waals surface area contributed by atoms with Gasteiger partial charge in [0, 0.05) is 30.5 Å². The molecule has 2 amide bonds. The van der Waals surface area contributed by atoms with Gasteiger partial charge in [-0.25, -0.2) is 8.68 Å². The van der Waals surface area contributed by atoms with Gasteiger partial charge in [0.1, 0.15) is 24.4 Å². The summed E-state index contributed by atoms with van der Waals surface area (Å²) in [6.45, 7) is 5.76. The molecular weight excluding hydrogens is 576 g/mol. The summed E-state index contributed by atoms with van der Waals surface area (Å²) in [7, 11) is 0.0382. The average Bonchev–Trinajstić information content (AvgIpc) is 3.51. The van der Waals surface area contributed by atoms with Crippen LogP contribution < -0.4 is 31.9 Å². The number of sulfonamides is 1. The topological polar surface area (TPSA) is 127 Å². The van der Waals surface area contributed by atoms with Crippen LogP contribution in [0.25, 0.3) is 0 Å². The van der Waals surface area contributed by atoms with Gasteiger partial charge in [-0.15, -0.1) is 0 Å². The lowest BCUT2D eigenvalue weighted by atomic mass is 9.81. The maximum atomic E-state index is 13.8. The van der Waals surface area contributed by atoms with Crippen molar-refractivity contribution in [3.05, 3.63) is 53.1 Å². The summed E-state index contributed by atoms with van der Waals surface area (Å²) in [4.78, 5) is 14.1. The second-order valence-electron chi connectivity index (χ2n) is 11.5. The molecule has 3 saturated heterocycles. The first-order chi connectivity index (χ1) is 20.2. The Bertz CT molecular complexity index is 1350. The molecule has 13 heteroatoms. The largest absolute Gasteiger partial charge is 0.357 e. The lowest BCUT2D eigenvalue weighted by Gasteiger charge is -2.46. The Kier molecular flexibility index (Phi) is 9.63. The molecule has 5 atom stereocenters. The number of carbonyl (C=O) groups is 1. The lowest BCUT2D eigenvalue weighted by molar-refractivity contribution is -0.791. The Labute approximate surface area is 254 Å². The molecule has 3 aliphatic rings. The van der Waals surface area contributed by atoms with Crippen LogP contribution in [0.2, 0.25) is 5.02 Å². The minimum atomic E-state index is -3.69. The third-order valence-corrected chi connectivity index (χ3v) is 12.1. The third kappa shape index (κ3) is 6.26. The quantitative estimate of drug-likeness (QED) is 0.249. The number of nitrogens with zero attached hydrogens (tertiary/aromatic N) is 2. The zero-order chi connectivity index (χ0) is 29.9. The highest BCUT2D eigenvalue weighted by molar-refractivity contribution is 7.86. The Morgan fingerprint density at radius 3 is 2.50 bits per heavy atom. The smallest absolute Gasteiger partial charge is 0.329 e. The van der Waals surface area contributed by atoms with E-state index < -0.39 is 10.0 Å². The number of rotatable bonds is 8. The molecule has 2 aromatic rings. The number of piperidine rings is 1. The van der Waals surface area contributed by atoms with Crippen LogP contribution in [-0.2, 0) is 10.0 Å². The summed E-state index contributed by atoms with van der Waals surface area (Å²) in [5.41, 5.74) is 2.70. The molecular formula is C29H44ClN8O3S+. The highest BCUT2D eigenvalue weighted by Gasteiger charge is 2.45. The monoisotopic (exact) mass is 619 g/mol. The minimum absolute atomic E-state index is 0.0377. The molecule has 5 unspecified atom stereocenters. The molecule has 3 fully saturated rings. The molecule has 0 saturated carbocycles. The van der Waals surface area contributed by atoms with Crippen LogP contribution in [0.5, 0.6) is 0 Å². The first-order valence-corrected chi connectivity index (χ1v) is 16.6. The number of likely N-dealkylation sites (N-methyl/N-ethyl adjacent to an activating group) is 1. The van der Waals surface area contributed by atoms with Crippen molar-refractivity contribution in [1.82, 2.24) is 26.2 Å². The Balaban J connectivity index is 1.27. The number of carbonyl (C=O) groups excluding carboxylic acids is 1. The van der Waals surface area contributed by atoms with E-state index >= 15 is 0 Å². The van der Waals surface area contributed by atoms with Gasteiger partial charge in [0.2, 0.25) is 0 Å². The molecule has 0 radical (unpaired) electrons. The van der Waals surface area contributed by atoms with Gasteiger partial charge in [0.15, 0.2) is 0 Å². The van der Waals surface area contributed by atoms with Crippen LogP contribution in [0.4, 0.5) is 16.2 Å². The van der Waals surface area contributed by atoms with E-state index in [0.29, 0.717) is 38.3 Å².